The molecule has 0 amide bonds. The number of para-hydroxylation sites is 1. The summed E-state index contributed by atoms with van der Waals surface area (Å²) in [6.07, 6.45) is 0. The van der Waals surface area contributed by atoms with Crippen molar-refractivity contribution in [3.8, 4) is 56.4 Å². The predicted molar refractivity (Wildman–Crippen MR) is 202 cm³/mol. The maximum atomic E-state index is 6.45. The van der Waals surface area contributed by atoms with Crippen LogP contribution < -0.4 is 14.4 Å². The summed E-state index contributed by atoms with van der Waals surface area (Å²) in [4.78, 5) is 2.29. The van der Waals surface area contributed by atoms with E-state index in [9.17, 15) is 0 Å². The van der Waals surface area contributed by atoms with Gasteiger partial charge in [-0.2, -0.15) is 0 Å². The Bertz CT molecular complexity index is 2400. The van der Waals surface area contributed by atoms with E-state index in [1.807, 2.05) is 36.4 Å². The first-order valence-corrected chi connectivity index (χ1v) is 16.5. The lowest BCUT2D eigenvalue weighted by atomic mass is 10.00. The smallest absolute Gasteiger partial charge is 0.170 e. The van der Waals surface area contributed by atoms with E-state index in [2.05, 4.69) is 157 Å². The molecule has 0 saturated carbocycles. The lowest BCUT2D eigenvalue weighted by Gasteiger charge is -2.26. The average molecular weight is 630 g/mol. The fourth-order valence-corrected chi connectivity index (χ4v) is 6.65. The fourth-order valence-electron chi connectivity index (χ4n) is 6.65. The van der Waals surface area contributed by atoms with Crippen LogP contribution in [0, 0.1) is 0 Å². The Morgan fingerprint density at radius 2 is 0.714 bits per heavy atom. The van der Waals surface area contributed by atoms with Crippen LogP contribution in [-0.2, 0) is 0 Å². The van der Waals surface area contributed by atoms with Crippen LogP contribution in [-0.4, -0.2) is 0 Å². The first-order valence-electron chi connectivity index (χ1n) is 16.5. The van der Waals surface area contributed by atoms with Crippen molar-refractivity contribution in [2.24, 2.45) is 0 Å². The third-order valence-corrected chi connectivity index (χ3v) is 9.14. The van der Waals surface area contributed by atoms with Gasteiger partial charge >= 0.3 is 0 Å². The zero-order chi connectivity index (χ0) is 32.6. The highest BCUT2D eigenvalue weighted by molar-refractivity contribution is 5.95. The Labute approximate surface area is 285 Å². The number of fused-ring (bicyclic) bond motifs is 1. The summed E-state index contributed by atoms with van der Waals surface area (Å²) in [6.45, 7) is 0. The van der Waals surface area contributed by atoms with Gasteiger partial charge in [-0.3, -0.25) is 0 Å². The second-order valence-electron chi connectivity index (χ2n) is 12.2. The van der Waals surface area contributed by atoms with Crippen molar-refractivity contribution >= 4 is 27.8 Å². The Kier molecular flexibility index (Phi) is 7.14. The maximum absolute atomic E-state index is 6.45. The third kappa shape index (κ3) is 5.48. The van der Waals surface area contributed by atoms with Gasteiger partial charge in [0.2, 0.25) is 0 Å². The normalized spacial score (nSPS) is 11.6. The van der Waals surface area contributed by atoms with Gasteiger partial charge in [-0.25, -0.2) is 0 Å². The van der Waals surface area contributed by atoms with Gasteiger partial charge in [0.05, 0.1) is 5.39 Å². The summed E-state index contributed by atoms with van der Waals surface area (Å²) < 4.78 is 12.8. The van der Waals surface area contributed by atoms with Crippen molar-refractivity contribution < 1.29 is 9.47 Å². The van der Waals surface area contributed by atoms with Crippen molar-refractivity contribution in [3.63, 3.8) is 0 Å². The van der Waals surface area contributed by atoms with E-state index >= 15 is 0 Å². The fraction of sp³-hybridized carbons (Fsp3) is 0. The maximum Gasteiger partial charge on any atom is 0.170 e. The molecule has 0 fully saturated rings. The van der Waals surface area contributed by atoms with Crippen LogP contribution in [0.3, 0.4) is 0 Å². The summed E-state index contributed by atoms with van der Waals surface area (Å²) in [5, 5.41) is 2.08. The Morgan fingerprint density at radius 1 is 0.286 bits per heavy atom. The molecule has 3 nitrogen and oxygen atoms in total. The molecule has 9 rings (SSSR count). The van der Waals surface area contributed by atoms with E-state index in [-0.39, 0.29) is 0 Å². The number of nitrogens with zero attached hydrogens (tertiary/aromatic N) is 1. The Morgan fingerprint density at radius 3 is 1.29 bits per heavy atom. The second kappa shape index (κ2) is 12.2. The lowest BCUT2D eigenvalue weighted by molar-refractivity contribution is 0.439. The number of anilines is 3. The highest BCUT2D eigenvalue weighted by atomic mass is 16.5. The van der Waals surface area contributed by atoms with Gasteiger partial charge in [-0.1, -0.05) is 127 Å². The molecule has 232 valence electrons. The summed E-state index contributed by atoms with van der Waals surface area (Å²) in [5.74, 6) is 3.01. The van der Waals surface area contributed by atoms with Crippen LogP contribution >= 0.6 is 0 Å². The highest BCUT2D eigenvalue weighted by Crippen LogP contribution is 2.47. The van der Waals surface area contributed by atoms with E-state index in [4.69, 9.17) is 9.47 Å². The summed E-state index contributed by atoms with van der Waals surface area (Å²) in [5.41, 5.74) is 10.2. The zero-order valence-electron chi connectivity index (χ0n) is 26.7. The summed E-state index contributed by atoms with van der Waals surface area (Å²) >= 11 is 0. The quantitative estimate of drug-likeness (QED) is 0.183. The van der Waals surface area contributed by atoms with Crippen molar-refractivity contribution in [2.75, 3.05) is 4.90 Å². The number of rotatable bonds is 6. The molecule has 1 aliphatic rings. The molecule has 8 aromatic carbocycles. The van der Waals surface area contributed by atoms with Crippen molar-refractivity contribution in [1.82, 2.24) is 0 Å². The van der Waals surface area contributed by atoms with Crippen molar-refractivity contribution in [2.45, 2.75) is 0 Å². The standard InChI is InChI=1S/C46H31NO2/c1-3-9-32(10-4-1)33-17-19-34(20-18-33)35-21-26-40(27-22-35)47(39-13-5-2-6-14-39)41-28-23-36(24-29-41)38-25-30-42-45(31-38)49-44-16-8-12-37-11-7-15-43(48-42)46(37)44/h1-31H. The first-order chi connectivity index (χ1) is 24.3. The number of hydrogen-bond donors (Lipinski definition) is 0. The molecule has 0 atom stereocenters. The monoisotopic (exact) mass is 629 g/mol. The van der Waals surface area contributed by atoms with Crippen LogP contribution in [0.15, 0.2) is 188 Å². The molecule has 0 aliphatic carbocycles. The number of hydrogen-bond acceptors (Lipinski definition) is 3. The van der Waals surface area contributed by atoms with Crippen LogP contribution in [0.1, 0.15) is 0 Å². The van der Waals surface area contributed by atoms with Gasteiger partial charge in [-0.15, -0.1) is 0 Å². The SMILES string of the molecule is c1ccc(-c2ccc(-c3ccc(N(c4ccccc4)c4ccc(-c5ccc6c(c5)Oc5cccc7cccc(c57)O6)cc4)cc3)cc2)cc1. The van der Waals surface area contributed by atoms with Gasteiger partial charge in [-0.05, 0) is 99.4 Å². The molecule has 0 spiro atoms. The number of ether oxygens (including phenoxy) is 2. The van der Waals surface area contributed by atoms with E-state index in [1.165, 1.54) is 22.3 Å². The molecule has 0 bridgehead atoms. The van der Waals surface area contributed by atoms with Gasteiger partial charge in [0, 0.05) is 17.1 Å². The van der Waals surface area contributed by atoms with E-state index in [0.29, 0.717) is 11.5 Å². The van der Waals surface area contributed by atoms with E-state index in [1.54, 1.807) is 0 Å². The molecule has 49 heavy (non-hydrogen) atoms. The first kappa shape index (κ1) is 28.6. The van der Waals surface area contributed by atoms with Gasteiger partial charge < -0.3 is 14.4 Å². The average Bonchev–Trinajstić information content (AvgIpc) is 3.33. The largest absolute Gasteiger partial charge is 0.453 e. The molecule has 0 saturated heterocycles. The van der Waals surface area contributed by atoms with Crippen LogP contribution in [0.2, 0.25) is 0 Å². The van der Waals surface area contributed by atoms with E-state index in [0.717, 1.165) is 50.5 Å². The molecule has 0 unspecified atom stereocenters. The molecular weight excluding hydrogens is 599 g/mol. The van der Waals surface area contributed by atoms with E-state index < -0.39 is 0 Å². The number of benzene rings is 8. The van der Waals surface area contributed by atoms with Gasteiger partial charge in [0.15, 0.2) is 11.5 Å². The molecule has 1 aliphatic heterocycles. The van der Waals surface area contributed by atoms with Crippen LogP contribution in [0.25, 0.3) is 44.2 Å². The van der Waals surface area contributed by atoms with Gasteiger partial charge in [0.25, 0.3) is 0 Å². The molecule has 3 heteroatoms. The van der Waals surface area contributed by atoms with Gasteiger partial charge in [0.1, 0.15) is 11.5 Å². The molecule has 0 radical (unpaired) electrons. The molecular formula is C46H31NO2. The predicted octanol–water partition coefficient (Wildman–Crippen LogP) is 13.2. The summed E-state index contributed by atoms with van der Waals surface area (Å²) in [6, 6.07) is 65.6. The zero-order valence-corrected chi connectivity index (χ0v) is 26.7. The third-order valence-electron chi connectivity index (χ3n) is 9.14. The Hall–Kier alpha value is -6.58. The van der Waals surface area contributed by atoms with Crippen LogP contribution in [0.4, 0.5) is 17.1 Å². The minimum absolute atomic E-state index is 0.700. The molecule has 0 aromatic heterocycles. The summed E-state index contributed by atoms with van der Waals surface area (Å²) in [7, 11) is 0. The van der Waals surface area contributed by atoms with Crippen molar-refractivity contribution in [1.29, 1.82) is 0 Å². The highest BCUT2D eigenvalue weighted by Gasteiger charge is 2.19. The molecule has 8 aromatic rings. The topological polar surface area (TPSA) is 21.7 Å². The Balaban J connectivity index is 1.01. The molecule has 1 heterocycles. The van der Waals surface area contributed by atoms with Crippen molar-refractivity contribution in [3.05, 3.63) is 188 Å². The molecule has 0 N–H and O–H groups in total. The lowest BCUT2D eigenvalue weighted by Crippen LogP contribution is -2.09. The second-order valence-corrected chi connectivity index (χ2v) is 12.2. The van der Waals surface area contributed by atoms with Crippen LogP contribution in [0.5, 0.6) is 23.0 Å². The minimum atomic E-state index is 0.700. The minimum Gasteiger partial charge on any atom is -0.453 e.